The van der Waals surface area contributed by atoms with Crippen LogP contribution in [0.5, 0.6) is 0 Å². The molecule has 0 aliphatic carbocycles. The second kappa shape index (κ2) is 4.33. The van der Waals surface area contributed by atoms with Crippen molar-refractivity contribution in [3.05, 3.63) is 48.0 Å². The second-order valence-electron chi connectivity index (χ2n) is 3.89. The van der Waals surface area contributed by atoms with Crippen LogP contribution < -0.4 is 5.32 Å². The molecule has 0 saturated heterocycles. The number of amides is 1. The molecule has 1 amide bonds. The monoisotopic (exact) mass is 242 g/mol. The van der Waals surface area contributed by atoms with Gasteiger partial charge in [-0.1, -0.05) is 11.2 Å². The van der Waals surface area contributed by atoms with Gasteiger partial charge < -0.3 is 9.84 Å². The van der Waals surface area contributed by atoms with E-state index in [1.165, 1.54) is 12.5 Å². The summed E-state index contributed by atoms with van der Waals surface area (Å²) in [5.74, 6) is -0.205. The lowest BCUT2D eigenvalue weighted by Crippen LogP contribution is -2.22. The van der Waals surface area contributed by atoms with Crippen molar-refractivity contribution in [2.45, 2.75) is 6.54 Å². The van der Waals surface area contributed by atoms with E-state index in [0.29, 0.717) is 12.1 Å². The Morgan fingerprint density at radius 3 is 3.17 bits per heavy atom. The number of H-pyrrole nitrogens is 1. The zero-order valence-electron chi connectivity index (χ0n) is 9.38. The van der Waals surface area contributed by atoms with Gasteiger partial charge in [0.1, 0.15) is 6.26 Å². The molecular formula is C12H10N4O2. The fraction of sp³-hybridized carbons (Fsp3) is 0.0833. The molecule has 3 aromatic rings. The largest absolute Gasteiger partial charge is 0.364 e. The van der Waals surface area contributed by atoms with Crippen LogP contribution in [-0.2, 0) is 6.54 Å². The number of aromatic nitrogens is 3. The summed E-state index contributed by atoms with van der Waals surface area (Å²) in [6, 6.07) is 5.85. The van der Waals surface area contributed by atoms with Crippen molar-refractivity contribution in [2.24, 2.45) is 0 Å². The first-order valence-electron chi connectivity index (χ1n) is 5.42. The van der Waals surface area contributed by atoms with Gasteiger partial charge in [-0.15, -0.1) is 0 Å². The zero-order valence-corrected chi connectivity index (χ0v) is 9.38. The third-order valence-corrected chi connectivity index (χ3v) is 2.65. The summed E-state index contributed by atoms with van der Waals surface area (Å²) >= 11 is 0. The van der Waals surface area contributed by atoms with Gasteiger partial charge in [-0.2, -0.15) is 5.10 Å². The summed E-state index contributed by atoms with van der Waals surface area (Å²) in [7, 11) is 0. The SMILES string of the molecule is O=C(NCc1ccc2[nH]ncc2c1)c1cnoc1. The third-order valence-electron chi connectivity index (χ3n) is 2.65. The van der Waals surface area contributed by atoms with Gasteiger partial charge in [-0.3, -0.25) is 9.89 Å². The Labute approximate surface area is 102 Å². The normalized spacial score (nSPS) is 10.7. The quantitative estimate of drug-likeness (QED) is 0.728. The molecule has 0 aliphatic rings. The highest BCUT2D eigenvalue weighted by molar-refractivity contribution is 5.93. The van der Waals surface area contributed by atoms with E-state index in [2.05, 4.69) is 25.2 Å². The number of nitrogens with one attached hydrogen (secondary N) is 2. The molecule has 0 radical (unpaired) electrons. The molecule has 6 heteroatoms. The van der Waals surface area contributed by atoms with E-state index in [0.717, 1.165) is 16.5 Å². The number of aromatic amines is 1. The summed E-state index contributed by atoms with van der Waals surface area (Å²) in [5, 5.41) is 14.1. The van der Waals surface area contributed by atoms with Crippen molar-refractivity contribution in [2.75, 3.05) is 0 Å². The van der Waals surface area contributed by atoms with Crippen LogP contribution in [0.1, 0.15) is 15.9 Å². The van der Waals surface area contributed by atoms with Crippen LogP contribution in [0, 0.1) is 0 Å². The zero-order chi connectivity index (χ0) is 12.4. The second-order valence-corrected chi connectivity index (χ2v) is 3.89. The Hall–Kier alpha value is -2.63. The lowest BCUT2D eigenvalue weighted by Gasteiger charge is -2.03. The van der Waals surface area contributed by atoms with Crippen LogP contribution in [0.15, 0.2) is 41.4 Å². The summed E-state index contributed by atoms with van der Waals surface area (Å²) in [6.45, 7) is 0.450. The van der Waals surface area contributed by atoms with Crippen molar-refractivity contribution in [1.29, 1.82) is 0 Å². The molecule has 1 aromatic carbocycles. The molecule has 6 nitrogen and oxygen atoms in total. The van der Waals surface area contributed by atoms with E-state index in [1.54, 1.807) is 6.20 Å². The van der Waals surface area contributed by atoms with E-state index in [-0.39, 0.29) is 5.91 Å². The van der Waals surface area contributed by atoms with Gasteiger partial charge >= 0.3 is 0 Å². The smallest absolute Gasteiger partial charge is 0.256 e. The average Bonchev–Trinajstić information content (AvgIpc) is 3.05. The Morgan fingerprint density at radius 1 is 1.39 bits per heavy atom. The maximum atomic E-state index is 11.7. The van der Waals surface area contributed by atoms with Crippen LogP contribution in [-0.4, -0.2) is 21.3 Å². The first-order valence-corrected chi connectivity index (χ1v) is 5.42. The molecule has 2 N–H and O–H groups in total. The standard InChI is InChI=1S/C12H10N4O2/c17-12(10-6-15-18-7-10)13-4-8-1-2-11-9(3-8)5-14-16-11/h1-3,5-7H,4H2,(H,13,17)(H,14,16). The van der Waals surface area contributed by atoms with Crippen LogP contribution in [0.4, 0.5) is 0 Å². The number of carbonyl (C=O) groups excluding carboxylic acids is 1. The molecule has 2 aromatic heterocycles. The van der Waals surface area contributed by atoms with E-state index in [1.807, 2.05) is 18.2 Å². The fourth-order valence-electron chi connectivity index (χ4n) is 1.70. The van der Waals surface area contributed by atoms with Gasteiger partial charge in [-0.05, 0) is 17.7 Å². The molecule has 0 saturated carbocycles. The molecule has 2 heterocycles. The Balaban J connectivity index is 1.71. The van der Waals surface area contributed by atoms with Crippen LogP contribution >= 0.6 is 0 Å². The highest BCUT2D eigenvalue weighted by Crippen LogP contribution is 2.12. The van der Waals surface area contributed by atoms with Gasteiger partial charge in [0.05, 0.1) is 23.5 Å². The number of rotatable bonds is 3. The molecule has 0 atom stereocenters. The summed E-state index contributed by atoms with van der Waals surface area (Å²) < 4.78 is 4.61. The van der Waals surface area contributed by atoms with Crippen LogP contribution in [0.3, 0.4) is 0 Å². The first-order chi connectivity index (χ1) is 8.83. The lowest BCUT2D eigenvalue weighted by molar-refractivity contribution is 0.0950. The molecule has 0 spiro atoms. The molecule has 0 fully saturated rings. The first kappa shape index (κ1) is 10.5. The number of benzene rings is 1. The average molecular weight is 242 g/mol. The Morgan fingerprint density at radius 2 is 2.33 bits per heavy atom. The minimum absolute atomic E-state index is 0.205. The van der Waals surface area contributed by atoms with Gasteiger partial charge in [0.15, 0.2) is 0 Å². The van der Waals surface area contributed by atoms with Crippen LogP contribution in [0.25, 0.3) is 10.9 Å². The molecule has 3 rings (SSSR count). The number of nitrogens with zero attached hydrogens (tertiary/aromatic N) is 2. The number of hydrogen-bond acceptors (Lipinski definition) is 4. The Bertz CT molecular complexity index is 672. The van der Waals surface area contributed by atoms with Crippen molar-refractivity contribution in [3.63, 3.8) is 0 Å². The minimum Gasteiger partial charge on any atom is -0.364 e. The highest BCUT2D eigenvalue weighted by atomic mass is 16.5. The molecule has 90 valence electrons. The maximum Gasteiger partial charge on any atom is 0.256 e. The molecule has 0 unspecified atom stereocenters. The van der Waals surface area contributed by atoms with Crippen molar-refractivity contribution < 1.29 is 9.32 Å². The van der Waals surface area contributed by atoms with E-state index < -0.39 is 0 Å². The highest BCUT2D eigenvalue weighted by Gasteiger charge is 2.07. The van der Waals surface area contributed by atoms with E-state index in [4.69, 9.17) is 0 Å². The predicted octanol–water partition coefficient (Wildman–Crippen LogP) is 1.48. The van der Waals surface area contributed by atoms with Crippen LogP contribution in [0.2, 0.25) is 0 Å². The number of hydrogen-bond donors (Lipinski definition) is 2. The van der Waals surface area contributed by atoms with Crippen molar-refractivity contribution >= 4 is 16.8 Å². The Kier molecular flexibility index (Phi) is 2.53. The fourth-order valence-corrected chi connectivity index (χ4v) is 1.70. The number of carbonyl (C=O) groups is 1. The summed E-state index contributed by atoms with van der Waals surface area (Å²) in [4.78, 5) is 11.7. The van der Waals surface area contributed by atoms with Gasteiger partial charge in [0.2, 0.25) is 0 Å². The summed E-state index contributed by atoms with van der Waals surface area (Å²) in [6.07, 6.45) is 4.45. The van der Waals surface area contributed by atoms with Gasteiger partial charge in [0, 0.05) is 11.9 Å². The number of fused-ring (bicyclic) bond motifs is 1. The molecule has 0 bridgehead atoms. The minimum atomic E-state index is -0.205. The van der Waals surface area contributed by atoms with Crippen molar-refractivity contribution in [1.82, 2.24) is 20.7 Å². The third kappa shape index (κ3) is 1.95. The van der Waals surface area contributed by atoms with Gasteiger partial charge in [-0.25, -0.2) is 0 Å². The molecular weight excluding hydrogens is 232 g/mol. The van der Waals surface area contributed by atoms with Crippen molar-refractivity contribution in [3.8, 4) is 0 Å². The molecule has 18 heavy (non-hydrogen) atoms. The molecule has 0 aliphatic heterocycles. The van der Waals surface area contributed by atoms with E-state index >= 15 is 0 Å². The van der Waals surface area contributed by atoms with Gasteiger partial charge in [0.25, 0.3) is 5.91 Å². The lowest BCUT2D eigenvalue weighted by atomic mass is 10.1. The summed E-state index contributed by atoms with van der Waals surface area (Å²) in [5.41, 5.74) is 2.40. The topological polar surface area (TPSA) is 83.8 Å². The predicted molar refractivity (Wildman–Crippen MR) is 63.8 cm³/mol. The van der Waals surface area contributed by atoms with E-state index in [9.17, 15) is 4.79 Å². The maximum absolute atomic E-state index is 11.7.